The summed E-state index contributed by atoms with van der Waals surface area (Å²) >= 11 is 0. The van der Waals surface area contributed by atoms with Gasteiger partial charge in [-0.3, -0.25) is 0 Å². The third-order valence-electron chi connectivity index (χ3n) is 4.24. The molecule has 2 heterocycles. The van der Waals surface area contributed by atoms with Crippen LogP contribution in [0.1, 0.15) is 11.1 Å². The zero-order valence-corrected chi connectivity index (χ0v) is 14.4. The molecule has 1 fully saturated rings. The first kappa shape index (κ1) is 17.6. The van der Waals surface area contributed by atoms with E-state index in [0.717, 1.165) is 41.4 Å². The standard InChI is InChI=1S/C19H22N6O/c20-11-15-2-1-14(16(12-21)13-22)9-18(15)24-17-3-4-23-19(10-17)25-5-7-26-8-6-25/h1-4,9-13,20-21H,5-8,22H2,(H,23,24)/b16-13+,20-11?,21-12?. The Bertz CT molecular complexity index is 827. The number of morpholine rings is 1. The highest BCUT2D eigenvalue weighted by atomic mass is 16.5. The van der Waals surface area contributed by atoms with E-state index in [1.807, 2.05) is 30.3 Å². The van der Waals surface area contributed by atoms with Gasteiger partial charge < -0.3 is 31.5 Å². The molecule has 0 unspecified atom stereocenters. The minimum absolute atomic E-state index is 0.619. The minimum atomic E-state index is 0.619. The fourth-order valence-electron chi connectivity index (χ4n) is 2.81. The SMILES string of the molecule is N=C/C(=C\N)c1ccc(C=N)c(Nc2ccnc(N3CCOCC3)c2)c1. The van der Waals surface area contributed by atoms with E-state index in [2.05, 4.69) is 15.2 Å². The molecule has 2 aromatic rings. The first-order chi connectivity index (χ1) is 12.7. The molecule has 1 aromatic carbocycles. The molecule has 134 valence electrons. The highest BCUT2D eigenvalue weighted by molar-refractivity contribution is 6.08. The van der Waals surface area contributed by atoms with Crippen molar-refractivity contribution in [2.75, 3.05) is 36.5 Å². The van der Waals surface area contributed by atoms with Crippen LogP contribution in [-0.2, 0) is 4.74 Å². The van der Waals surface area contributed by atoms with Crippen molar-refractivity contribution >= 4 is 35.2 Å². The number of ether oxygens (including phenoxy) is 1. The third-order valence-corrected chi connectivity index (χ3v) is 4.24. The number of hydrogen-bond acceptors (Lipinski definition) is 7. The molecule has 1 saturated heterocycles. The normalized spacial score (nSPS) is 14.8. The number of nitrogens with zero attached hydrogens (tertiary/aromatic N) is 2. The average Bonchev–Trinajstić information content (AvgIpc) is 2.70. The predicted octanol–water partition coefficient (Wildman–Crippen LogP) is 2.61. The van der Waals surface area contributed by atoms with Gasteiger partial charge in [0.25, 0.3) is 0 Å². The quantitative estimate of drug-likeness (QED) is 0.599. The molecular weight excluding hydrogens is 328 g/mol. The maximum atomic E-state index is 7.64. The summed E-state index contributed by atoms with van der Waals surface area (Å²) in [6.45, 7) is 3.05. The molecule has 0 aliphatic carbocycles. The number of rotatable bonds is 6. The first-order valence-corrected chi connectivity index (χ1v) is 8.38. The third kappa shape index (κ3) is 3.89. The molecule has 0 bridgehead atoms. The van der Waals surface area contributed by atoms with Gasteiger partial charge in [0.05, 0.1) is 13.2 Å². The molecule has 5 N–H and O–H groups in total. The zero-order chi connectivity index (χ0) is 18.4. The molecular formula is C19H22N6O. The second-order valence-corrected chi connectivity index (χ2v) is 5.84. The Balaban J connectivity index is 1.89. The van der Waals surface area contributed by atoms with Crippen LogP contribution in [0.15, 0.2) is 42.7 Å². The lowest BCUT2D eigenvalue weighted by Gasteiger charge is -2.28. The zero-order valence-electron chi connectivity index (χ0n) is 14.4. The van der Waals surface area contributed by atoms with E-state index in [0.29, 0.717) is 18.8 Å². The fraction of sp³-hybridized carbons (Fsp3) is 0.211. The smallest absolute Gasteiger partial charge is 0.130 e. The highest BCUT2D eigenvalue weighted by Crippen LogP contribution is 2.26. The van der Waals surface area contributed by atoms with Gasteiger partial charge in [-0.2, -0.15) is 0 Å². The van der Waals surface area contributed by atoms with Gasteiger partial charge in [-0.05, 0) is 17.7 Å². The van der Waals surface area contributed by atoms with Crippen molar-refractivity contribution in [3.05, 3.63) is 53.9 Å². The molecule has 1 aliphatic heterocycles. The average molecular weight is 350 g/mol. The van der Waals surface area contributed by atoms with Crippen molar-refractivity contribution in [1.29, 1.82) is 10.8 Å². The van der Waals surface area contributed by atoms with Crippen LogP contribution in [0.4, 0.5) is 17.2 Å². The number of pyridine rings is 1. The molecule has 0 amide bonds. The highest BCUT2D eigenvalue weighted by Gasteiger charge is 2.13. The summed E-state index contributed by atoms with van der Waals surface area (Å²) in [6, 6.07) is 9.45. The maximum absolute atomic E-state index is 7.64. The van der Waals surface area contributed by atoms with Crippen LogP contribution in [0.2, 0.25) is 0 Å². The van der Waals surface area contributed by atoms with Crippen LogP contribution in [0.5, 0.6) is 0 Å². The molecule has 0 atom stereocenters. The van der Waals surface area contributed by atoms with Gasteiger partial charge in [-0.1, -0.05) is 12.1 Å². The number of anilines is 3. The Morgan fingerprint density at radius 3 is 2.69 bits per heavy atom. The Kier molecular flexibility index (Phi) is 5.60. The van der Waals surface area contributed by atoms with Crippen molar-refractivity contribution < 1.29 is 4.74 Å². The Labute approximate surface area is 152 Å². The molecule has 0 spiro atoms. The van der Waals surface area contributed by atoms with Gasteiger partial charge in [0, 0.05) is 66.5 Å². The molecule has 1 aliphatic rings. The van der Waals surface area contributed by atoms with Crippen LogP contribution in [0.3, 0.4) is 0 Å². The lowest BCUT2D eigenvalue weighted by Crippen LogP contribution is -2.36. The van der Waals surface area contributed by atoms with E-state index in [4.69, 9.17) is 21.3 Å². The van der Waals surface area contributed by atoms with Crippen molar-refractivity contribution in [1.82, 2.24) is 4.98 Å². The summed E-state index contributed by atoms with van der Waals surface area (Å²) in [5, 5.41) is 18.5. The molecule has 26 heavy (non-hydrogen) atoms. The van der Waals surface area contributed by atoms with Gasteiger partial charge in [0.2, 0.25) is 0 Å². The lowest BCUT2D eigenvalue weighted by atomic mass is 10.0. The molecule has 1 aromatic heterocycles. The first-order valence-electron chi connectivity index (χ1n) is 8.38. The molecule has 7 heteroatoms. The number of benzene rings is 1. The topological polar surface area (TPSA) is 111 Å². The minimum Gasteiger partial charge on any atom is -0.404 e. The van der Waals surface area contributed by atoms with E-state index in [-0.39, 0.29) is 0 Å². The van der Waals surface area contributed by atoms with Crippen LogP contribution < -0.4 is 16.0 Å². The Morgan fingerprint density at radius 2 is 2.00 bits per heavy atom. The fourth-order valence-corrected chi connectivity index (χ4v) is 2.81. The summed E-state index contributed by atoms with van der Waals surface area (Å²) in [6.07, 6.45) is 5.68. The van der Waals surface area contributed by atoms with Crippen LogP contribution in [-0.4, -0.2) is 43.7 Å². The van der Waals surface area contributed by atoms with E-state index >= 15 is 0 Å². The monoisotopic (exact) mass is 350 g/mol. The summed E-state index contributed by atoms with van der Waals surface area (Å²) in [4.78, 5) is 6.64. The van der Waals surface area contributed by atoms with Crippen molar-refractivity contribution in [2.45, 2.75) is 0 Å². The molecule has 3 rings (SSSR count). The van der Waals surface area contributed by atoms with E-state index in [1.165, 1.54) is 18.6 Å². The van der Waals surface area contributed by atoms with Crippen LogP contribution >= 0.6 is 0 Å². The second-order valence-electron chi connectivity index (χ2n) is 5.84. The van der Waals surface area contributed by atoms with Crippen LogP contribution in [0.25, 0.3) is 5.57 Å². The van der Waals surface area contributed by atoms with Crippen LogP contribution in [0, 0.1) is 10.8 Å². The van der Waals surface area contributed by atoms with E-state index in [1.54, 1.807) is 6.20 Å². The Morgan fingerprint density at radius 1 is 1.19 bits per heavy atom. The van der Waals surface area contributed by atoms with Gasteiger partial charge >= 0.3 is 0 Å². The maximum Gasteiger partial charge on any atom is 0.130 e. The van der Waals surface area contributed by atoms with Crippen molar-refractivity contribution in [3.8, 4) is 0 Å². The summed E-state index contributed by atoms with van der Waals surface area (Å²) in [7, 11) is 0. The van der Waals surface area contributed by atoms with E-state index < -0.39 is 0 Å². The lowest BCUT2D eigenvalue weighted by molar-refractivity contribution is 0.122. The van der Waals surface area contributed by atoms with Crippen molar-refractivity contribution in [2.24, 2.45) is 5.73 Å². The van der Waals surface area contributed by atoms with Gasteiger partial charge in [-0.25, -0.2) is 4.98 Å². The summed E-state index contributed by atoms with van der Waals surface area (Å²) in [5.41, 5.74) is 9.43. The van der Waals surface area contributed by atoms with Gasteiger partial charge in [0.1, 0.15) is 5.82 Å². The summed E-state index contributed by atoms with van der Waals surface area (Å²) < 4.78 is 5.39. The number of nitrogens with two attached hydrogens (primary N) is 1. The molecule has 0 saturated carbocycles. The number of hydrogen-bond donors (Lipinski definition) is 4. The van der Waals surface area contributed by atoms with Gasteiger partial charge in [0.15, 0.2) is 0 Å². The second kappa shape index (κ2) is 8.26. The number of allylic oxidation sites excluding steroid dienone is 1. The van der Waals surface area contributed by atoms with Gasteiger partial charge in [-0.15, -0.1) is 0 Å². The number of aromatic nitrogens is 1. The van der Waals surface area contributed by atoms with E-state index in [9.17, 15) is 0 Å². The van der Waals surface area contributed by atoms with Crippen molar-refractivity contribution in [3.63, 3.8) is 0 Å². The largest absolute Gasteiger partial charge is 0.404 e. The predicted molar refractivity (Wildman–Crippen MR) is 106 cm³/mol. The Hall–Kier alpha value is -3.19. The molecule has 0 radical (unpaired) electrons. The molecule has 7 nitrogen and oxygen atoms in total. The summed E-state index contributed by atoms with van der Waals surface area (Å²) in [5.74, 6) is 0.896. The number of nitrogens with one attached hydrogen (secondary N) is 3.